The Morgan fingerprint density at radius 3 is 2.03 bits per heavy atom. The molecule has 4 atom stereocenters. The van der Waals surface area contributed by atoms with Crippen LogP contribution in [0.3, 0.4) is 0 Å². The number of aliphatic hydroxyl groups excluding tert-OH is 1. The normalized spacial score (nSPS) is 21.0. The summed E-state index contributed by atoms with van der Waals surface area (Å²) in [7, 11) is 3.28. The molecule has 0 spiro atoms. The average molecular weight is 532 g/mol. The molecule has 4 rings (SSSR count). The molecule has 1 aliphatic rings. The molecule has 39 heavy (non-hydrogen) atoms. The summed E-state index contributed by atoms with van der Waals surface area (Å²) in [6.07, 6.45) is 2.52. The molecule has 6 heteroatoms. The average Bonchev–Trinajstić information content (AvgIpc) is 3.28. The van der Waals surface area contributed by atoms with E-state index < -0.39 is 0 Å². The van der Waals surface area contributed by atoms with Crippen LogP contribution in [0.1, 0.15) is 55.1 Å². The molecular weight excluding hydrogens is 490 g/mol. The summed E-state index contributed by atoms with van der Waals surface area (Å²) in [4.78, 5) is 12.6. The Bertz CT molecular complexity index is 1200. The minimum atomic E-state index is -0.154. The molecule has 0 aliphatic carbocycles. The topological polar surface area (TPSA) is 77.0 Å². The van der Waals surface area contributed by atoms with Gasteiger partial charge >= 0.3 is 0 Å². The summed E-state index contributed by atoms with van der Waals surface area (Å²) in [6.45, 7) is 6.97. The maximum atomic E-state index is 12.6. The van der Waals surface area contributed by atoms with E-state index in [0.29, 0.717) is 17.9 Å². The van der Waals surface area contributed by atoms with Crippen LogP contribution in [-0.2, 0) is 16.6 Å². The summed E-state index contributed by atoms with van der Waals surface area (Å²) in [5.74, 6) is 2.02. The number of aryl methyl sites for hydroxylation is 1. The van der Waals surface area contributed by atoms with Gasteiger partial charge in [-0.25, -0.2) is 0 Å². The molecule has 1 aliphatic heterocycles. The Hall–Kier alpha value is -3.35. The molecule has 3 aromatic rings. The van der Waals surface area contributed by atoms with Gasteiger partial charge in [0.2, 0.25) is 0 Å². The fourth-order valence-electron chi connectivity index (χ4n) is 6.05. The van der Waals surface area contributed by atoms with Gasteiger partial charge in [-0.05, 0) is 96.2 Å². The lowest BCUT2D eigenvalue weighted by atomic mass is 9.65. The van der Waals surface area contributed by atoms with Gasteiger partial charge in [0.25, 0.3) is 5.91 Å². The predicted molar refractivity (Wildman–Crippen MR) is 155 cm³/mol. The van der Waals surface area contributed by atoms with Crippen LogP contribution in [0.5, 0.6) is 11.5 Å². The van der Waals surface area contributed by atoms with Gasteiger partial charge in [-0.1, -0.05) is 45.0 Å². The number of amides is 1. The number of ether oxygens (including phenoxy) is 3. The maximum absolute atomic E-state index is 12.6. The fraction of sp³-hybridized carbons (Fsp3) is 0.424. The predicted octanol–water partition coefficient (Wildman–Crippen LogP) is 6.27. The van der Waals surface area contributed by atoms with Gasteiger partial charge in [0.15, 0.2) is 0 Å². The molecule has 1 fully saturated rings. The van der Waals surface area contributed by atoms with E-state index >= 15 is 0 Å². The highest BCUT2D eigenvalue weighted by atomic mass is 16.5. The van der Waals surface area contributed by atoms with Crippen LogP contribution in [0.2, 0.25) is 0 Å². The van der Waals surface area contributed by atoms with Gasteiger partial charge in [0.1, 0.15) is 11.5 Å². The first-order valence-corrected chi connectivity index (χ1v) is 13.7. The van der Waals surface area contributed by atoms with Crippen LogP contribution in [-0.4, -0.2) is 44.0 Å². The van der Waals surface area contributed by atoms with Gasteiger partial charge in [-0.15, -0.1) is 0 Å². The van der Waals surface area contributed by atoms with Crippen LogP contribution in [0.15, 0.2) is 72.8 Å². The first-order chi connectivity index (χ1) is 18.8. The molecule has 0 saturated carbocycles. The van der Waals surface area contributed by atoms with E-state index in [-0.39, 0.29) is 36.1 Å². The molecule has 6 nitrogen and oxygen atoms in total. The van der Waals surface area contributed by atoms with Crippen LogP contribution >= 0.6 is 0 Å². The standard InChI is InChI=1S/C33H41NO5/c1-22-29(39-30(20-21-35)31(22)33(2,3)25-11-17-28(38-5)18-12-25)19-8-23-6-13-26(14-7-23)34-32(36)24-9-15-27(37-4)16-10-24/h6-7,9-18,22,29-31,35H,8,19-21H2,1-5H3,(H,34,36)/t22-,29+,30-,31+/m1/s1. The molecule has 1 heterocycles. The second-order valence-electron chi connectivity index (χ2n) is 11.0. The van der Waals surface area contributed by atoms with Crippen molar-refractivity contribution in [1.29, 1.82) is 0 Å². The van der Waals surface area contributed by atoms with Gasteiger partial charge in [0.05, 0.1) is 26.4 Å². The van der Waals surface area contributed by atoms with Crippen molar-refractivity contribution in [3.8, 4) is 11.5 Å². The minimum Gasteiger partial charge on any atom is -0.497 e. The zero-order valence-corrected chi connectivity index (χ0v) is 23.6. The zero-order chi connectivity index (χ0) is 28.0. The van der Waals surface area contributed by atoms with Crippen LogP contribution in [0.25, 0.3) is 0 Å². The summed E-state index contributed by atoms with van der Waals surface area (Å²) in [6, 6.07) is 23.4. The quantitative estimate of drug-likeness (QED) is 0.305. The van der Waals surface area contributed by atoms with Crippen molar-refractivity contribution in [2.75, 3.05) is 26.1 Å². The van der Waals surface area contributed by atoms with Crippen LogP contribution in [0, 0.1) is 11.8 Å². The summed E-state index contributed by atoms with van der Waals surface area (Å²) < 4.78 is 17.1. The lowest BCUT2D eigenvalue weighted by Crippen LogP contribution is -2.38. The Balaban J connectivity index is 1.38. The SMILES string of the molecule is COc1ccc(C(=O)Nc2ccc(CC[C@@H]3O[C@H](CCO)[C@@H](C(C)(C)c4ccc(OC)cc4)[C@@H]3C)cc2)cc1. The van der Waals surface area contributed by atoms with E-state index in [9.17, 15) is 9.90 Å². The summed E-state index contributed by atoms with van der Waals surface area (Å²) >= 11 is 0. The maximum Gasteiger partial charge on any atom is 0.255 e. The molecule has 3 aromatic carbocycles. The van der Waals surface area contributed by atoms with Crippen molar-refractivity contribution < 1.29 is 24.1 Å². The lowest BCUT2D eigenvalue weighted by Gasteiger charge is -2.38. The Labute approximate surface area is 232 Å². The van der Waals surface area contributed by atoms with E-state index in [1.165, 1.54) is 11.1 Å². The molecule has 1 saturated heterocycles. The van der Waals surface area contributed by atoms with Crippen LogP contribution < -0.4 is 14.8 Å². The number of methoxy groups -OCH3 is 2. The largest absolute Gasteiger partial charge is 0.497 e. The summed E-state index contributed by atoms with van der Waals surface area (Å²) in [5.41, 5.74) is 3.67. The molecule has 0 radical (unpaired) electrons. The third-order valence-electron chi connectivity index (χ3n) is 8.27. The molecule has 2 N–H and O–H groups in total. The highest BCUT2D eigenvalue weighted by Gasteiger charge is 2.49. The monoisotopic (exact) mass is 531 g/mol. The third-order valence-corrected chi connectivity index (χ3v) is 8.27. The molecule has 0 unspecified atom stereocenters. The van der Waals surface area contributed by atoms with Crippen LogP contribution in [0.4, 0.5) is 5.69 Å². The Kier molecular flexibility index (Phi) is 9.31. The molecule has 0 bridgehead atoms. The second-order valence-corrected chi connectivity index (χ2v) is 11.0. The number of carbonyl (C=O) groups is 1. The van der Waals surface area contributed by atoms with Crippen molar-refractivity contribution >= 4 is 11.6 Å². The molecule has 1 amide bonds. The second kappa shape index (κ2) is 12.7. The summed E-state index contributed by atoms with van der Waals surface area (Å²) in [5, 5.41) is 12.7. The Morgan fingerprint density at radius 1 is 0.872 bits per heavy atom. The van der Waals surface area contributed by atoms with Gasteiger partial charge in [-0.2, -0.15) is 0 Å². The molecular formula is C33H41NO5. The number of benzene rings is 3. The number of rotatable bonds is 11. The van der Waals surface area contributed by atoms with Crippen molar-refractivity contribution in [3.05, 3.63) is 89.5 Å². The van der Waals surface area contributed by atoms with Gasteiger partial charge < -0.3 is 24.6 Å². The van der Waals surface area contributed by atoms with E-state index in [2.05, 4.69) is 50.4 Å². The minimum absolute atomic E-state index is 0.00245. The van der Waals surface area contributed by atoms with Gasteiger partial charge in [0, 0.05) is 17.9 Å². The first-order valence-electron chi connectivity index (χ1n) is 13.7. The van der Waals surface area contributed by atoms with Crippen molar-refractivity contribution in [2.24, 2.45) is 11.8 Å². The van der Waals surface area contributed by atoms with Gasteiger partial charge in [-0.3, -0.25) is 4.79 Å². The number of carbonyl (C=O) groups excluding carboxylic acids is 1. The molecule has 0 aromatic heterocycles. The number of hydrogen-bond acceptors (Lipinski definition) is 5. The van der Waals surface area contributed by atoms with Crippen molar-refractivity contribution in [1.82, 2.24) is 0 Å². The first kappa shape index (κ1) is 28.7. The fourth-order valence-corrected chi connectivity index (χ4v) is 6.05. The Morgan fingerprint density at radius 2 is 1.46 bits per heavy atom. The third kappa shape index (κ3) is 6.63. The highest BCUT2D eigenvalue weighted by molar-refractivity contribution is 6.04. The van der Waals surface area contributed by atoms with E-state index in [0.717, 1.165) is 30.0 Å². The number of nitrogens with one attached hydrogen (secondary N) is 1. The smallest absolute Gasteiger partial charge is 0.255 e. The lowest BCUT2D eigenvalue weighted by molar-refractivity contribution is 0.00629. The number of aliphatic hydroxyl groups is 1. The number of anilines is 1. The van der Waals surface area contributed by atoms with Crippen molar-refractivity contribution in [2.45, 2.75) is 57.7 Å². The zero-order valence-electron chi connectivity index (χ0n) is 23.6. The van der Waals surface area contributed by atoms with Crippen molar-refractivity contribution in [3.63, 3.8) is 0 Å². The van der Waals surface area contributed by atoms with E-state index in [1.807, 2.05) is 24.3 Å². The highest BCUT2D eigenvalue weighted by Crippen LogP contribution is 2.47. The molecule has 208 valence electrons. The van der Waals surface area contributed by atoms with E-state index in [1.54, 1.807) is 38.5 Å². The van der Waals surface area contributed by atoms with E-state index in [4.69, 9.17) is 14.2 Å². The number of hydrogen-bond donors (Lipinski definition) is 2.